The number of carbonyl (C=O) groups is 1. The van der Waals surface area contributed by atoms with Gasteiger partial charge in [-0.25, -0.2) is 0 Å². The topological polar surface area (TPSA) is 81.1 Å². The Morgan fingerprint density at radius 3 is 2.44 bits per heavy atom. The molecule has 18 heavy (non-hydrogen) atoms. The third-order valence-electron chi connectivity index (χ3n) is 2.87. The van der Waals surface area contributed by atoms with Gasteiger partial charge in [-0.2, -0.15) is 0 Å². The first-order chi connectivity index (χ1) is 8.40. The summed E-state index contributed by atoms with van der Waals surface area (Å²) in [5.41, 5.74) is 12.9. The van der Waals surface area contributed by atoms with Crippen molar-refractivity contribution in [3.63, 3.8) is 0 Å². The molecule has 0 aliphatic carbocycles. The lowest BCUT2D eigenvalue weighted by Crippen LogP contribution is -2.33. The largest absolute Gasteiger partial charge is 0.399 e. The van der Waals surface area contributed by atoms with Gasteiger partial charge in [-0.05, 0) is 43.9 Å². The number of benzene rings is 1. The van der Waals surface area contributed by atoms with E-state index in [0.29, 0.717) is 22.9 Å². The molecule has 100 valence electrons. The van der Waals surface area contributed by atoms with Crippen LogP contribution in [0.1, 0.15) is 44.0 Å². The predicted octanol–water partition coefficient (Wildman–Crippen LogP) is 2.41. The van der Waals surface area contributed by atoms with E-state index in [1.807, 2.05) is 6.92 Å². The molecule has 0 spiro atoms. The van der Waals surface area contributed by atoms with Crippen molar-refractivity contribution in [2.45, 2.75) is 39.7 Å². The first-order valence-corrected chi connectivity index (χ1v) is 6.36. The maximum Gasteiger partial charge on any atom is 0.253 e. The number of carbonyl (C=O) groups excluding carboxylic acids is 1. The second-order valence-electron chi connectivity index (χ2n) is 5.19. The number of hydrogen-bond donors (Lipinski definition) is 3. The lowest BCUT2D eigenvalue weighted by Gasteiger charge is -2.16. The molecule has 1 aromatic rings. The molecule has 1 atom stereocenters. The van der Waals surface area contributed by atoms with Gasteiger partial charge in [0, 0.05) is 17.4 Å². The third kappa shape index (κ3) is 4.28. The fraction of sp³-hybridized carbons (Fsp3) is 0.500. The van der Waals surface area contributed by atoms with Gasteiger partial charge in [-0.1, -0.05) is 13.8 Å². The lowest BCUT2D eigenvalue weighted by atomic mass is 10.0. The van der Waals surface area contributed by atoms with Crippen molar-refractivity contribution >= 4 is 17.3 Å². The van der Waals surface area contributed by atoms with E-state index in [1.165, 1.54) is 0 Å². The first-order valence-electron chi connectivity index (χ1n) is 6.36. The normalized spacial score (nSPS) is 12.4. The molecule has 0 radical (unpaired) electrons. The average Bonchev–Trinajstić information content (AvgIpc) is 2.26. The standard InChI is InChI=1S/C14H23N3O/c1-9(2)4-5-10(3)17-14(18)12-7-6-11(15)8-13(12)16/h6-10H,4-5,15-16H2,1-3H3,(H,17,18). The van der Waals surface area contributed by atoms with E-state index in [-0.39, 0.29) is 11.9 Å². The van der Waals surface area contributed by atoms with Crippen LogP contribution in [0.3, 0.4) is 0 Å². The van der Waals surface area contributed by atoms with Crippen molar-refractivity contribution in [1.82, 2.24) is 5.32 Å². The first kappa shape index (κ1) is 14.4. The third-order valence-corrected chi connectivity index (χ3v) is 2.87. The van der Waals surface area contributed by atoms with Crippen LogP contribution >= 0.6 is 0 Å². The van der Waals surface area contributed by atoms with Crippen LogP contribution in [0.15, 0.2) is 18.2 Å². The van der Waals surface area contributed by atoms with E-state index in [4.69, 9.17) is 11.5 Å². The monoisotopic (exact) mass is 249 g/mol. The second kappa shape index (κ2) is 6.28. The summed E-state index contributed by atoms with van der Waals surface area (Å²) in [6, 6.07) is 5.10. The van der Waals surface area contributed by atoms with Crippen molar-refractivity contribution in [1.29, 1.82) is 0 Å². The molecule has 0 heterocycles. The smallest absolute Gasteiger partial charge is 0.253 e. The van der Waals surface area contributed by atoms with Crippen molar-refractivity contribution in [3.8, 4) is 0 Å². The van der Waals surface area contributed by atoms with Crippen molar-refractivity contribution in [2.24, 2.45) is 5.92 Å². The highest BCUT2D eigenvalue weighted by Crippen LogP contribution is 2.16. The number of nitrogens with two attached hydrogens (primary N) is 2. The van der Waals surface area contributed by atoms with Gasteiger partial charge in [0.15, 0.2) is 0 Å². The van der Waals surface area contributed by atoms with Crippen molar-refractivity contribution in [2.75, 3.05) is 11.5 Å². The van der Waals surface area contributed by atoms with Gasteiger partial charge in [0.2, 0.25) is 0 Å². The molecule has 0 saturated carbocycles. The Labute approximate surface area is 109 Å². The minimum Gasteiger partial charge on any atom is -0.399 e. The minimum atomic E-state index is -0.135. The second-order valence-corrected chi connectivity index (χ2v) is 5.19. The molecular formula is C14H23N3O. The quantitative estimate of drug-likeness (QED) is 0.701. The number of anilines is 2. The number of amides is 1. The number of hydrogen-bond acceptors (Lipinski definition) is 3. The molecule has 0 aliphatic rings. The molecule has 0 saturated heterocycles. The van der Waals surface area contributed by atoms with Gasteiger partial charge >= 0.3 is 0 Å². The Hall–Kier alpha value is -1.71. The zero-order valence-corrected chi connectivity index (χ0v) is 11.4. The summed E-state index contributed by atoms with van der Waals surface area (Å²) in [5, 5.41) is 2.95. The summed E-state index contributed by atoms with van der Waals surface area (Å²) in [5.74, 6) is 0.509. The van der Waals surface area contributed by atoms with E-state index in [0.717, 1.165) is 12.8 Å². The van der Waals surface area contributed by atoms with Crippen LogP contribution in [0, 0.1) is 5.92 Å². The summed E-state index contributed by atoms with van der Waals surface area (Å²) in [7, 11) is 0. The van der Waals surface area contributed by atoms with E-state index in [9.17, 15) is 4.79 Å². The fourth-order valence-electron chi connectivity index (χ4n) is 1.75. The molecular weight excluding hydrogens is 226 g/mol. The Kier molecular flexibility index (Phi) is 5.01. The van der Waals surface area contributed by atoms with Crippen molar-refractivity contribution < 1.29 is 4.79 Å². The van der Waals surface area contributed by atoms with Crippen LogP contribution in [0.4, 0.5) is 11.4 Å². The van der Waals surface area contributed by atoms with Gasteiger partial charge in [0.1, 0.15) is 0 Å². The van der Waals surface area contributed by atoms with Crippen molar-refractivity contribution in [3.05, 3.63) is 23.8 Å². The van der Waals surface area contributed by atoms with E-state index in [2.05, 4.69) is 19.2 Å². The summed E-state index contributed by atoms with van der Waals surface area (Å²) < 4.78 is 0. The molecule has 0 aromatic heterocycles. The predicted molar refractivity (Wildman–Crippen MR) is 76.3 cm³/mol. The Bertz CT molecular complexity index is 416. The zero-order chi connectivity index (χ0) is 13.7. The molecule has 0 fully saturated rings. The molecule has 4 nitrogen and oxygen atoms in total. The fourth-order valence-corrected chi connectivity index (χ4v) is 1.75. The van der Waals surface area contributed by atoms with Gasteiger partial charge in [-0.15, -0.1) is 0 Å². The van der Waals surface area contributed by atoms with Gasteiger partial charge in [-0.3, -0.25) is 4.79 Å². The Balaban J connectivity index is 2.59. The SMILES string of the molecule is CC(C)CCC(C)NC(=O)c1ccc(N)cc1N. The molecule has 0 aliphatic heterocycles. The molecule has 4 heteroatoms. The zero-order valence-electron chi connectivity index (χ0n) is 11.4. The van der Waals surface area contributed by atoms with Gasteiger partial charge < -0.3 is 16.8 Å². The molecule has 1 unspecified atom stereocenters. The van der Waals surface area contributed by atoms with Crippen LogP contribution in [0.2, 0.25) is 0 Å². The highest BCUT2D eigenvalue weighted by Gasteiger charge is 2.12. The molecule has 0 bridgehead atoms. The average molecular weight is 249 g/mol. The maximum atomic E-state index is 12.0. The number of rotatable bonds is 5. The van der Waals surface area contributed by atoms with Gasteiger partial charge in [0.25, 0.3) is 5.91 Å². The van der Waals surface area contributed by atoms with E-state index < -0.39 is 0 Å². The Morgan fingerprint density at radius 1 is 1.22 bits per heavy atom. The molecule has 1 amide bonds. The van der Waals surface area contributed by atoms with Crippen LogP contribution in [0.5, 0.6) is 0 Å². The highest BCUT2D eigenvalue weighted by atomic mass is 16.1. The number of nitrogen functional groups attached to an aromatic ring is 2. The summed E-state index contributed by atoms with van der Waals surface area (Å²) >= 11 is 0. The van der Waals surface area contributed by atoms with Gasteiger partial charge in [0.05, 0.1) is 5.56 Å². The lowest BCUT2D eigenvalue weighted by molar-refractivity contribution is 0.0938. The maximum absolute atomic E-state index is 12.0. The van der Waals surface area contributed by atoms with Crippen LogP contribution in [-0.4, -0.2) is 11.9 Å². The molecule has 1 aromatic carbocycles. The molecule has 5 N–H and O–H groups in total. The van der Waals surface area contributed by atoms with Crippen LogP contribution in [0.25, 0.3) is 0 Å². The van der Waals surface area contributed by atoms with E-state index >= 15 is 0 Å². The highest BCUT2D eigenvalue weighted by molar-refractivity contribution is 5.99. The summed E-state index contributed by atoms with van der Waals surface area (Å²) in [4.78, 5) is 12.0. The molecule has 1 rings (SSSR count). The minimum absolute atomic E-state index is 0.135. The van der Waals surface area contributed by atoms with Crippen LogP contribution < -0.4 is 16.8 Å². The van der Waals surface area contributed by atoms with E-state index in [1.54, 1.807) is 18.2 Å². The van der Waals surface area contributed by atoms with Crippen LogP contribution in [-0.2, 0) is 0 Å². The summed E-state index contributed by atoms with van der Waals surface area (Å²) in [6.45, 7) is 6.35. The summed E-state index contributed by atoms with van der Waals surface area (Å²) in [6.07, 6.45) is 2.07. The Morgan fingerprint density at radius 2 is 1.89 bits per heavy atom. The number of nitrogens with one attached hydrogen (secondary N) is 1.